The van der Waals surface area contributed by atoms with Crippen molar-refractivity contribution in [2.75, 3.05) is 36.4 Å². The van der Waals surface area contributed by atoms with E-state index >= 15 is 0 Å². The fourth-order valence-electron chi connectivity index (χ4n) is 2.83. The van der Waals surface area contributed by atoms with E-state index in [1.807, 2.05) is 36.1 Å². The number of hydrogen-bond acceptors (Lipinski definition) is 2. The smallest absolute Gasteiger partial charge is 0.321 e. The molecule has 5 heteroatoms. The molecule has 2 amide bonds. The van der Waals surface area contributed by atoms with Crippen LogP contribution in [0.1, 0.15) is 11.1 Å². The van der Waals surface area contributed by atoms with Crippen LogP contribution < -0.4 is 10.2 Å². The van der Waals surface area contributed by atoms with Gasteiger partial charge in [-0.25, -0.2) is 4.79 Å². The van der Waals surface area contributed by atoms with Crippen LogP contribution in [-0.2, 0) is 0 Å². The second-order valence-electron chi connectivity index (χ2n) is 6.20. The number of benzene rings is 2. The molecule has 0 atom stereocenters. The summed E-state index contributed by atoms with van der Waals surface area (Å²) in [6.45, 7) is 7.29. The van der Waals surface area contributed by atoms with E-state index in [9.17, 15) is 4.79 Å². The molecule has 1 saturated heterocycles. The molecule has 0 spiro atoms. The van der Waals surface area contributed by atoms with Crippen molar-refractivity contribution in [3.05, 3.63) is 58.1 Å². The van der Waals surface area contributed by atoms with E-state index in [-0.39, 0.29) is 6.03 Å². The topological polar surface area (TPSA) is 35.6 Å². The van der Waals surface area contributed by atoms with Crippen LogP contribution in [0.25, 0.3) is 0 Å². The van der Waals surface area contributed by atoms with Gasteiger partial charge in [0.05, 0.1) is 0 Å². The molecule has 3 rings (SSSR count). The number of piperazine rings is 1. The minimum atomic E-state index is -0.0227. The third-order valence-corrected chi connectivity index (χ3v) is 5.27. The van der Waals surface area contributed by atoms with Crippen molar-refractivity contribution >= 4 is 33.3 Å². The van der Waals surface area contributed by atoms with Gasteiger partial charge in [-0.15, -0.1) is 0 Å². The molecular weight excluding hydrogens is 366 g/mol. The Bertz CT molecular complexity index is 722. The van der Waals surface area contributed by atoms with E-state index < -0.39 is 0 Å². The maximum absolute atomic E-state index is 12.4. The van der Waals surface area contributed by atoms with Crippen molar-refractivity contribution in [3.63, 3.8) is 0 Å². The summed E-state index contributed by atoms with van der Waals surface area (Å²) in [7, 11) is 0. The summed E-state index contributed by atoms with van der Waals surface area (Å²) in [4.78, 5) is 16.6. The maximum Gasteiger partial charge on any atom is 0.321 e. The molecule has 126 valence electrons. The van der Waals surface area contributed by atoms with E-state index in [0.29, 0.717) is 0 Å². The summed E-state index contributed by atoms with van der Waals surface area (Å²) in [5.74, 6) is 0. The van der Waals surface area contributed by atoms with Crippen LogP contribution in [0, 0.1) is 13.8 Å². The highest BCUT2D eigenvalue weighted by molar-refractivity contribution is 9.10. The van der Waals surface area contributed by atoms with Crippen LogP contribution >= 0.6 is 15.9 Å². The standard InChI is InChI=1S/C19H22BrN3O/c1-14-3-5-16(6-4-14)21-19(24)23-11-9-22(10-12-23)17-7-8-18(20)15(2)13-17/h3-8,13H,9-12H2,1-2H3,(H,21,24). The summed E-state index contributed by atoms with van der Waals surface area (Å²) in [6, 6.07) is 14.3. The zero-order chi connectivity index (χ0) is 17.1. The lowest BCUT2D eigenvalue weighted by Gasteiger charge is -2.36. The molecule has 0 bridgehead atoms. The lowest BCUT2D eigenvalue weighted by atomic mass is 10.2. The first-order valence-electron chi connectivity index (χ1n) is 8.16. The fourth-order valence-corrected chi connectivity index (χ4v) is 3.08. The van der Waals surface area contributed by atoms with E-state index in [4.69, 9.17) is 0 Å². The first-order chi connectivity index (χ1) is 11.5. The summed E-state index contributed by atoms with van der Waals surface area (Å²) < 4.78 is 1.13. The van der Waals surface area contributed by atoms with Crippen LogP contribution in [0.3, 0.4) is 0 Å². The highest BCUT2D eigenvalue weighted by atomic mass is 79.9. The molecule has 4 nitrogen and oxygen atoms in total. The van der Waals surface area contributed by atoms with Gasteiger partial charge in [0.15, 0.2) is 0 Å². The monoisotopic (exact) mass is 387 g/mol. The van der Waals surface area contributed by atoms with Crippen molar-refractivity contribution < 1.29 is 4.79 Å². The van der Waals surface area contributed by atoms with E-state index in [0.717, 1.165) is 36.3 Å². The number of carbonyl (C=O) groups is 1. The van der Waals surface area contributed by atoms with Crippen molar-refractivity contribution in [2.24, 2.45) is 0 Å². The Kier molecular flexibility index (Phi) is 5.09. The van der Waals surface area contributed by atoms with E-state index in [1.54, 1.807) is 0 Å². The van der Waals surface area contributed by atoms with Gasteiger partial charge in [0.2, 0.25) is 0 Å². The van der Waals surface area contributed by atoms with Crippen LogP contribution in [0.4, 0.5) is 16.2 Å². The summed E-state index contributed by atoms with van der Waals surface area (Å²) in [5, 5.41) is 2.97. The molecule has 1 heterocycles. The van der Waals surface area contributed by atoms with Gasteiger partial charge < -0.3 is 15.1 Å². The number of amides is 2. The molecule has 1 fully saturated rings. The molecule has 1 aliphatic rings. The molecule has 0 radical (unpaired) electrons. The zero-order valence-corrected chi connectivity index (χ0v) is 15.6. The summed E-state index contributed by atoms with van der Waals surface area (Å²) >= 11 is 3.54. The van der Waals surface area contributed by atoms with Gasteiger partial charge in [0, 0.05) is 42.0 Å². The predicted molar refractivity (Wildman–Crippen MR) is 103 cm³/mol. The van der Waals surface area contributed by atoms with E-state index in [1.165, 1.54) is 16.8 Å². The van der Waals surface area contributed by atoms with Gasteiger partial charge in [-0.3, -0.25) is 0 Å². The molecule has 0 saturated carbocycles. The maximum atomic E-state index is 12.4. The number of hydrogen-bond donors (Lipinski definition) is 1. The Hall–Kier alpha value is -2.01. The minimum Gasteiger partial charge on any atom is -0.368 e. The molecule has 0 unspecified atom stereocenters. The molecule has 24 heavy (non-hydrogen) atoms. The highest BCUT2D eigenvalue weighted by Gasteiger charge is 2.21. The van der Waals surface area contributed by atoms with Gasteiger partial charge in [-0.1, -0.05) is 33.6 Å². The van der Waals surface area contributed by atoms with Crippen LogP contribution in [-0.4, -0.2) is 37.1 Å². The Morgan fingerprint density at radius 2 is 1.67 bits per heavy atom. The molecule has 0 aliphatic carbocycles. The second kappa shape index (κ2) is 7.26. The Morgan fingerprint density at radius 3 is 2.29 bits per heavy atom. The Morgan fingerprint density at radius 1 is 1.00 bits per heavy atom. The molecule has 1 N–H and O–H groups in total. The van der Waals surface area contributed by atoms with Crippen LogP contribution in [0.5, 0.6) is 0 Å². The predicted octanol–water partition coefficient (Wildman–Crippen LogP) is 4.42. The molecule has 0 aromatic heterocycles. The van der Waals surface area contributed by atoms with Gasteiger partial charge in [-0.2, -0.15) is 0 Å². The van der Waals surface area contributed by atoms with Gasteiger partial charge in [0.25, 0.3) is 0 Å². The number of aryl methyl sites for hydroxylation is 2. The number of nitrogens with zero attached hydrogens (tertiary/aromatic N) is 2. The number of carbonyl (C=O) groups excluding carboxylic acids is 1. The molecule has 1 aliphatic heterocycles. The highest BCUT2D eigenvalue weighted by Crippen LogP contribution is 2.24. The third kappa shape index (κ3) is 3.90. The zero-order valence-electron chi connectivity index (χ0n) is 14.1. The van der Waals surface area contributed by atoms with Crippen molar-refractivity contribution in [2.45, 2.75) is 13.8 Å². The van der Waals surface area contributed by atoms with Crippen molar-refractivity contribution in [3.8, 4) is 0 Å². The van der Waals surface area contributed by atoms with Gasteiger partial charge >= 0.3 is 6.03 Å². The molecule has 2 aromatic rings. The van der Waals surface area contributed by atoms with Crippen LogP contribution in [0.2, 0.25) is 0 Å². The number of nitrogens with one attached hydrogen (secondary N) is 1. The van der Waals surface area contributed by atoms with Gasteiger partial charge in [-0.05, 0) is 49.7 Å². The third-order valence-electron chi connectivity index (χ3n) is 4.38. The van der Waals surface area contributed by atoms with E-state index in [2.05, 4.69) is 51.3 Å². The number of anilines is 2. The second-order valence-corrected chi connectivity index (χ2v) is 7.06. The Balaban J connectivity index is 1.57. The average molecular weight is 388 g/mol. The SMILES string of the molecule is Cc1ccc(NC(=O)N2CCN(c3ccc(Br)c(C)c3)CC2)cc1. The average Bonchev–Trinajstić information content (AvgIpc) is 2.59. The first kappa shape index (κ1) is 16.8. The molecular formula is C19H22BrN3O. The normalized spacial score (nSPS) is 14.6. The Labute approximate surface area is 151 Å². The quantitative estimate of drug-likeness (QED) is 0.827. The number of rotatable bonds is 2. The summed E-state index contributed by atoms with van der Waals surface area (Å²) in [6.07, 6.45) is 0. The molecule has 2 aromatic carbocycles. The summed E-state index contributed by atoms with van der Waals surface area (Å²) in [5.41, 5.74) is 4.48. The van der Waals surface area contributed by atoms with Crippen molar-refractivity contribution in [1.82, 2.24) is 4.90 Å². The van der Waals surface area contributed by atoms with Crippen molar-refractivity contribution in [1.29, 1.82) is 0 Å². The number of urea groups is 1. The minimum absolute atomic E-state index is 0.0227. The van der Waals surface area contributed by atoms with Gasteiger partial charge in [0.1, 0.15) is 0 Å². The lowest BCUT2D eigenvalue weighted by molar-refractivity contribution is 0.208. The van der Waals surface area contributed by atoms with Crippen LogP contribution in [0.15, 0.2) is 46.9 Å². The fraction of sp³-hybridized carbons (Fsp3) is 0.316. The first-order valence-corrected chi connectivity index (χ1v) is 8.96. The lowest BCUT2D eigenvalue weighted by Crippen LogP contribution is -2.50. The number of halogens is 1. The largest absolute Gasteiger partial charge is 0.368 e.